The summed E-state index contributed by atoms with van der Waals surface area (Å²) in [5.74, 6) is 0.736. The Bertz CT molecular complexity index is 450. The van der Waals surface area contributed by atoms with E-state index < -0.39 is 0 Å². The predicted molar refractivity (Wildman–Crippen MR) is 75.9 cm³/mol. The van der Waals surface area contributed by atoms with Gasteiger partial charge in [0.15, 0.2) is 6.61 Å². The highest BCUT2D eigenvalue weighted by molar-refractivity contribution is 5.59. The Hall–Kier alpha value is -1.83. The maximum absolute atomic E-state index is 8.55. The molecule has 1 N–H and O–H groups in total. The molecule has 0 unspecified atom stereocenters. The maximum atomic E-state index is 8.55. The van der Waals surface area contributed by atoms with Crippen molar-refractivity contribution in [1.29, 1.82) is 5.26 Å². The number of nitrogens with one attached hydrogen (secondary N) is 1. The first-order valence-electron chi connectivity index (χ1n) is 6.23. The highest BCUT2D eigenvalue weighted by Gasteiger charge is 2.00. The predicted octanol–water partition coefficient (Wildman–Crippen LogP) is 2.23. The molecule has 0 spiro atoms. The van der Waals surface area contributed by atoms with Gasteiger partial charge in [-0.2, -0.15) is 5.26 Å². The first-order chi connectivity index (χ1) is 9.27. The van der Waals surface area contributed by atoms with Crippen LogP contribution in [0.2, 0.25) is 0 Å². The summed E-state index contributed by atoms with van der Waals surface area (Å²) >= 11 is 0. The molecule has 0 amide bonds. The van der Waals surface area contributed by atoms with Crippen molar-refractivity contribution in [2.24, 2.45) is 0 Å². The number of benzene rings is 1. The van der Waals surface area contributed by atoms with Crippen LogP contribution in [0.5, 0.6) is 5.75 Å². The lowest BCUT2D eigenvalue weighted by Crippen LogP contribution is -2.20. The summed E-state index contributed by atoms with van der Waals surface area (Å²) in [7, 11) is 1.69. The van der Waals surface area contributed by atoms with Gasteiger partial charge in [-0.25, -0.2) is 0 Å². The lowest BCUT2D eigenvalue weighted by Gasteiger charge is -2.08. The highest BCUT2D eigenvalue weighted by Crippen LogP contribution is 2.20. The van der Waals surface area contributed by atoms with Crippen molar-refractivity contribution in [3.8, 4) is 11.8 Å². The Morgan fingerprint density at radius 3 is 2.95 bits per heavy atom. The molecule has 4 heteroatoms. The average molecular weight is 260 g/mol. The van der Waals surface area contributed by atoms with Crippen LogP contribution in [0.25, 0.3) is 6.08 Å². The minimum atomic E-state index is 0.0655. The van der Waals surface area contributed by atoms with Gasteiger partial charge >= 0.3 is 0 Å². The van der Waals surface area contributed by atoms with Gasteiger partial charge in [0.25, 0.3) is 0 Å². The van der Waals surface area contributed by atoms with Gasteiger partial charge in [0, 0.05) is 25.8 Å². The summed E-state index contributed by atoms with van der Waals surface area (Å²) in [6.07, 6.45) is 2.06. The first kappa shape index (κ1) is 15.2. The van der Waals surface area contributed by atoms with E-state index in [2.05, 4.69) is 18.3 Å². The molecular formula is C15H20N2O2. The molecule has 0 radical (unpaired) electrons. The fourth-order valence-corrected chi connectivity index (χ4v) is 1.62. The second-order valence-electron chi connectivity index (χ2n) is 4.14. The van der Waals surface area contributed by atoms with Crippen LogP contribution in [-0.2, 0) is 4.74 Å². The number of ether oxygens (including phenoxy) is 2. The molecular weight excluding hydrogens is 240 g/mol. The molecule has 1 rings (SSSR count). The summed E-state index contributed by atoms with van der Waals surface area (Å²) in [5.41, 5.74) is 2.19. The molecule has 102 valence electrons. The van der Waals surface area contributed by atoms with Crippen molar-refractivity contribution in [2.75, 3.05) is 33.4 Å². The molecule has 0 atom stereocenters. The summed E-state index contributed by atoms with van der Waals surface area (Å²) in [6.45, 7) is 4.45. The van der Waals surface area contributed by atoms with E-state index in [1.807, 2.05) is 30.3 Å². The van der Waals surface area contributed by atoms with E-state index in [1.165, 1.54) is 5.57 Å². The molecule has 1 aromatic carbocycles. The van der Waals surface area contributed by atoms with Gasteiger partial charge in [0.05, 0.1) is 6.61 Å². The van der Waals surface area contributed by atoms with Crippen LogP contribution in [0.15, 0.2) is 29.8 Å². The standard InChI is InChI=1S/C15H20N2O2/c1-13(12-17-8-10-18-2)11-14-5-3-4-6-15(14)19-9-7-16/h3-6,11,17H,8-10,12H2,1-2H3. The molecule has 0 aliphatic heterocycles. The lowest BCUT2D eigenvalue weighted by molar-refractivity contribution is 0.200. The number of nitriles is 1. The Labute approximate surface area is 114 Å². The molecule has 0 saturated heterocycles. The van der Waals surface area contributed by atoms with Crippen molar-refractivity contribution >= 4 is 6.08 Å². The minimum Gasteiger partial charge on any atom is -0.478 e. The van der Waals surface area contributed by atoms with Crippen molar-refractivity contribution in [3.05, 3.63) is 35.4 Å². The zero-order valence-corrected chi connectivity index (χ0v) is 11.5. The third kappa shape index (κ3) is 6.05. The molecule has 0 aliphatic rings. The molecule has 0 saturated carbocycles. The number of hydrogen-bond donors (Lipinski definition) is 1. The van der Waals surface area contributed by atoms with E-state index in [-0.39, 0.29) is 6.61 Å². The topological polar surface area (TPSA) is 54.3 Å². The van der Waals surface area contributed by atoms with Crippen LogP contribution in [0.3, 0.4) is 0 Å². The third-order valence-corrected chi connectivity index (χ3v) is 2.50. The summed E-state index contributed by atoms with van der Waals surface area (Å²) in [4.78, 5) is 0. The van der Waals surface area contributed by atoms with Crippen LogP contribution in [0.1, 0.15) is 12.5 Å². The van der Waals surface area contributed by atoms with E-state index in [0.717, 1.165) is 24.4 Å². The lowest BCUT2D eigenvalue weighted by atomic mass is 10.1. The molecule has 0 aliphatic carbocycles. The monoisotopic (exact) mass is 260 g/mol. The van der Waals surface area contributed by atoms with Gasteiger partial charge < -0.3 is 14.8 Å². The van der Waals surface area contributed by atoms with Gasteiger partial charge in [-0.15, -0.1) is 0 Å². The van der Waals surface area contributed by atoms with Crippen LogP contribution in [0.4, 0.5) is 0 Å². The van der Waals surface area contributed by atoms with E-state index in [4.69, 9.17) is 14.7 Å². The fourth-order valence-electron chi connectivity index (χ4n) is 1.62. The van der Waals surface area contributed by atoms with Crippen molar-refractivity contribution in [1.82, 2.24) is 5.32 Å². The fraction of sp³-hybridized carbons (Fsp3) is 0.400. The zero-order valence-electron chi connectivity index (χ0n) is 11.5. The van der Waals surface area contributed by atoms with Gasteiger partial charge in [0.1, 0.15) is 11.8 Å². The van der Waals surface area contributed by atoms with E-state index >= 15 is 0 Å². The molecule has 0 fully saturated rings. The molecule has 4 nitrogen and oxygen atoms in total. The minimum absolute atomic E-state index is 0.0655. The summed E-state index contributed by atoms with van der Waals surface area (Å²) in [6, 6.07) is 9.68. The number of hydrogen-bond acceptors (Lipinski definition) is 4. The van der Waals surface area contributed by atoms with Crippen LogP contribution in [-0.4, -0.2) is 33.4 Å². The number of methoxy groups -OCH3 is 1. The Balaban J connectivity index is 2.61. The van der Waals surface area contributed by atoms with Crippen LogP contribution < -0.4 is 10.1 Å². The quantitative estimate of drug-likeness (QED) is 0.728. The van der Waals surface area contributed by atoms with Crippen molar-refractivity contribution < 1.29 is 9.47 Å². The van der Waals surface area contributed by atoms with Crippen molar-refractivity contribution in [3.63, 3.8) is 0 Å². The largest absolute Gasteiger partial charge is 0.478 e. The average Bonchev–Trinajstić information content (AvgIpc) is 2.43. The normalized spacial score (nSPS) is 11.1. The number of rotatable bonds is 8. The Morgan fingerprint density at radius 2 is 2.21 bits per heavy atom. The third-order valence-electron chi connectivity index (χ3n) is 2.50. The SMILES string of the molecule is COCCNCC(C)=Cc1ccccc1OCC#N. The maximum Gasteiger partial charge on any atom is 0.174 e. The van der Waals surface area contributed by atoms with Crippen LogP contribution in [0, 0.1) is 11.3 Å². The smallest absolute Gasteiger partial charge is 0.174 e. The molecule has 1 aromatic rings. The van der Waals surface area contributed by atoms with Crippen LogP contribution >= 0.6 is 0 Å². The highest BCUT2D eigenvalue weighted by atomic mass is 16.5. The van der Waals surface area contributed by atoms with Gasteiger partial charge in [-0.1, -0.05) is 29.8 Å². The molecule has 0 bridgehead atoms. The second kappa shape index (κ2) is 9.15. The molecule has 19 heavy (non-hydrogen) atoms. The number of nitrogens with zero attached hydrogens (tertiary/aromatic N) is 1. The first-order valence-corrected chi connectivity index (χ1v) is 6.23. The van der Waals surface area contributed by atoms with E-state index in [1.54, 1.807) is 7.11 Å². The molecule has 0 heterocycles. The summed E-state index contributed by atoms with van der Waals surface area (Å²) in [5, 5.41) is 11.8. The Morgan fingerprint density at radius 1 is 1.42 bits per heavy atom. The second-order valence-corrected chi connectivity index (χ2v) is 4.14. The van der Waals surface area contributed by atoms with E-state index in [9.17, 15) is 0 Å². The molecule has 0 aromatic heterocycles. The van der Waals surface area contributed by atoms with Crippen molar-refractivity contribution in [2.45, 2.75) is 6.92 Å². The van der Waals surface area contributed by atoms with Gasteiger partial charge in [-0.05, 0) is 13.0 Å². The van der Waals surface area contributed by atoms with E-state index in [0.29, 0.717) is 6.61 Å². The Kier molecular flexibility index (Phi) is 7.33. The van der Waals surface area contributed by atoms with Gasteiger partial charge in [0.2, 0.25) is 0 Å². The number of para-hydroxylation sites is 1. The summed E-state index contributed by atoms with van der Waals surface area (Å²) < 4.78 is 10.4. The van der Waals surface area contributed by atoms with Gasteiger partial charge in [-0.3, -0.25) is 0 Å². The zero-order chi connectivity index (χ0) is 13.9.